The van der Waals surface area contributed by atoms with Crippen molar-refractivity contribution >= 4 is 17.7 Å². The lowest BCUT2D eigenvalue weighted by Crippen LogP contribution is -2.45. The Bertz CT molecular complexity index is 940. The molecule has 3 amide bonds. The number of carbonyl (C=O) groups excluding carboxylic acids is 3. The van der Waals surface area contributed by atoms with Gasteiger partial charge in [-0.3, -0.25) is 14.4 Å². The third-order valence-electron chi connectivity index (χ3n) is 11.4. The van der Waals surface area contributed by atoms with Crippen LogP contribution in [0.3, 0.4) is 0 Å². The summed E-state index contributed by atoms with van der Waals surface area (Å²) in [4.78, 5) is 41.5. The van der Waals surface area contributed by atoms with E-state index in [-0.39, 0.29) is 54.2 Å². The minimum atomic E-state index is -0.252. The molecule has 3 saturated heterocycles. The predicted molar refractivity (Wildman–Crippen MR) is 210 cm³/mol. The number of aliphatic hydroxyl groups excluding tert-OH is 2. The molecule has 2 atom stereocenters. The molecule has 3 heterocycles. The van der Waals surface area contributed by atoms with E-state index in [2.05, 4.69) is 27.4 Å². The average Bonchev–Trinajstić information content (AvgIpc) is 3.62. The van der Waals surface area contributed by atoms with Crippen LogP contribution in [0.4, 0.5) is 0 Å². The number of aliphatic hydroxyl groups is 2. The van der Waals surface area contributed by atoms with Gasteiger partial charge in [0, 0.05) is 49.7 Å². The van der Waals surface area contributed by atoms with Gasteiger partial charge in [-0.05, 0) is 90.7 Å². The molecule has 0 spiro atoms. The Morgan fingerprint density at radius 3 is 1.54 bits per heavy atom. The van der Waals surface area contributed by atoms with E-state index in [1.54, 1.807) is 11.1 Å². The molecule has 0 saturated carbocycles. The van der Waals surface area contributed by atoms with E-state index in [0.29, 0.717) is 32.5 Å². The molecule has 10 heteroatoms. The summed E-state index contributed by atoms with van der Waals surface area (Å²) in [6, 6.07) is 0. The number of amides is 3. The van der Waals surface area contributed by atoms with Crippen LogP contribution in [-0.2, 0) is 23.9 Å². The number of ether oxygens (including phenoxy) is 2. The summed E-state index contributed by atoms with van der Waals surface area (Å²) >= 11 is 0. The van der Waals surface area contributed by atoms with E-state index in [1.807, 2.05) is 30.6 Å². The summed E-state index contributed by atoms with van der Waals surface area (Å²) in [7, 11) is 0. The van der Waals surface area contributed by atoms with Crippen LogP contribution in [-0.4, -0.2) is 101 Å². The lowest BCUT2D eigenvalue weighted by atomic mass is 9.81. The maximum atomic E-state index is 12.5. The summed E-state index contributed by atoms with van der Waals surface area (Å²) in [6.07, 6.45) is 20.6. The van der Waals surface area contributed by atoms with Gasteiger partial charge in [-0.2, -0.15) is 0 Å². The van der Waals surface area contributed by atoms with E-state index in [0.717, 1.165) is 122 Å². The monoisotopic (exact) mass is 737 g/mol. The van der Waals surface area contributed by atoms with Crippen LogP contribution in [0.15, 0.2) is 12.8 Å². The second-order valence-corrected chi connectivity index (χ2v) is 15.3. The van der Waals surface area contributed by atoms with E-state index in [1.165, 1.54) is 6.42 Å². The van der Waals surface area contributed by atoms with Gasteiger partial charge in [0.25, 0.3) is 0 Å². The topological polar surface area (TPSA) is 120 Å². The zero-order valence-corrected chi connectivity index (χ0v) is 34.0. The fourth-order valence-electron chi connectivity index (χ4n) is 6.97. The SMILES string of the molecule is C=CN1CCCCCC1=O.CCCCC(CC)(COC(C)N1CCCCCC1=O)COC(C)N1CCCCCC1=O.[CH2+]CCCC(CC)(CO)CO. The Hall–Kier alpha value is -2.14. The summed E-state index contributed by atoms with van der Waals surface area (Å²) in [6.45, 7) is 21.5. The van der Waals surface area contributed by atoms with Crippen molar-refractivity contribution in [1.82, 2.24) is 14.7 Å². The molecule has 0 aromatic rings. The minimum absolute atomic E-state index is 0.0833. The van der Waals surface area contributed by atoms with Gasteiger partial charge in [-0.15, -0.1) is 0 Å². The Kier molecular flexibility index (Phi) is 25.3. The highest BCUT2D eigenvalue weighted by Crippen LogP contribution is 2.32. The number of rotatable bonds is 19. The molecule has 302 valence electrons. The van der Waals surface area contributed by atoms with Crippen LogP contribution in [0.1, 0.15) is 163 Å². The average molecular weight is 737 g/mol. The van der Waals surface area contributed by atoms with Crippen LogP contribution in [0.5, 0.6) is 0 Å². The molecule has 2 N–H and O–H groups in total. The van der Waals surface area contributed by atoms with Crippen molar-refractivity contribution in [3.05, 3.63) is 19.7 Å². The molecule has 0 radical (unpaired) electrons. The summed E-state index contributed by atoms with van der Waals surface area (Å²) in [5.41, 5.74) is -0.347. The maximum Gasteiger partial charge on any atom is 0.226 e. The molecule has 0 aliphatic carbocycles. The highest BCUT2D eigenvalue weighted by Gasteiger charge is 2.33. The Morgan fingerprint density at radius 1 is 0.692 bits per heavy atom. The standard InChI is InChI=1S/C25H46N2O4.C9H19O2.C8H13NO/c1-5-7-16-25(6-2,19-30-21(3)26-17-12-8-10-14-23(26)28)20-31-22(4)27-18-13-9-11-15-24(27)29;1-3-5-6-9(4-2,7-10)8-11;1-2-9-7-5-3-4-6-8(9)10/h21-22H,5-20H2,1-4H3;10-11H,1,3-8H2,2H3;2H,1,3-7H2/q;+1;. The van der Waals surface area contributed by atoms with Crippen LogP contribution in [0.2, 0.25) is 0 Å². The minimum Gasteiger partial charge on any atom is -0.396 e. The number of hydrogen-bond donors (Lipinski definition) is 2. The summed E-state index contributed by atoms with van der Waals surface area (Å²) < 4.78 is 12.6. The molecule has 3 fully saturated rings. The zero-order valence-electron chi connectivity index (χ0n) is 34.0. The smallest absolute Gasteiger partial charge is 0.226 e. The number of likely N-dealkylation sites (tertiary alicyclic amines) is 3. The quantitative estimate of drug-likeness (QED) is 0.129. The Labute approximate surface area is 318 Å². The second kappa shape index (κ2) is 27.4. The Morgan fingerprint density at radius 2 is 1.13 bits per heavy atom. The predicted octanol–water partition coefficient (Wildman–Crippen LogP) is 8.01. The van der Waals surface area contributed by atoms with Crippen LogP contribution in [0, 0.1) is 17.8 Å². The van der Waals surface area contributed by atoms with Crippen LogP contribution in [0.25, 0.3) is 0 Å². The normalized spacial score (nSPS) is 19.9. The molecule has 3 rings (SSSR count). The van der Waals surface area contributed by atoms with Gasteiger partial charge in [0.1, 0.15) is 12.5 Å². The highest BCUT2D eigenvalue weighted by atomic mass is 16.5. The van der Waals surface area contributed by atoms with Crippen LogP contribution < -0.4 is 0 Å². The highest BCUT2D eigenvalue weighted by molar-refractivity contribution is 5.77. The molecular weight excluding hydrogens is 658 g/mol. The molecule has 2 unspecified atom stereocenters. The van der Waals surface area contributed by atoms with Crippen molar-refractivity contribution in [3.8, 4) is 0 Å². The number of nitrogens with zero attached hydrogens (tertiary/aromatic N) is 3. The number of hydrogen-bond acceptors (Lipinski definition) is 7. The first kappa shape index (κ1) is 47.9. The largest absolute Gasteiger partial charge is 0.396 e. The lowest BCUT2D eigenvalue weighted by Gasteiger charge is -2.38. The van der Waals surface area contributed by atoms with E-state index >= 15 is 0 Å². The molecule has 0 aromatic carbocycles. The first-order chi connectivity index (χ1) is 25.0. The molecule has 0 aromatic heterocycles. The first-order valence-electron chi connectivity index (χ1n) is 20.8. The van der Waals surface area contributed by atoms with Gasteiger partial charge in [-0.1, -0.05) is 59.5 Å². The molecule has 0 bridgehead atoms. The Balaban J connectivity index is 0.000000522. The van der Waals surface area contributed by atoms with E-state index in [4.69, 9.17) is 19.7 Å². The van der Waals surface area contributed by atoms with Gasteiger partial charge in [0.2, 0.25) is 17.7 Å². The lowest BCUT2D eigenvalue weighted by molar-refractivity contribution is -0.158. The zero-order chi connectivity index (χ0) is 38.8. The van der Waals surface area contributed by atoms with Gasteiger partial charge in [-0.25, -0.2) is 0 Å². The summed E-state index contributed by atoms with van der Waals surface area (Å²) in [5, 5.41) is 18.0. The van der Waals surface area contributed by atoms with Gasteiger partial charge < -0.3 is 34.4 Å². The van der Waals surface area contributed by atoms with Gasteiger partial charge >= 0.3 is 0 Å². The van der Waals surface area contributed by atoms with Crippen molar-refractivity contribution in [2.45, 2.75) is 175 Å². The fourth-order valence-corrected chi connectivity index (χ4v) is 6.97. The maximum absolute atomic E-state index is 12.5. The fraction of sp³-hybridized carbons (Fsp3) is 0.857. The van der Waals surface area contributed by atoms with Crippen molar-refractivity contribution in [2.24, 2.45) is 10.8 Å². The second-order valence-electron chi connectivity index (χ2n) is 15.3. The van der Waals surface area contributed by atoms with Gasteiger partial charge in [0.15, 0.2) is 0 Å². The molecule has 10 nitrogen and oxygen atoms in total. The van der Waals surface area contributed by atoms with Crippen molar-refractivity contribution in [1.29, 1.82) is 0 Å². The molecular formula is C42H78N3O7+. The third-order valence-corrected chi connectivity index (χ3v) is 11.4. The molecule has 52 heavy (non-hydrogen) atoms. The molecule has 3 aliphatic heterocycles. The van der Waals surface area contributed by atoms with E-state index < -0.39 is 0 Å². The number of unbranched alkanes of at least 4 members (excludes halogenated alkanes) is 2. The van der Waals surface area contributed by atoms with Crippen molar-refractivity contribution in [3.63, 3.8) is 0 Å². The van der Waals surface area contributed by atoms with Crippen molar-refractivity contribution < 1.29 is 34.1 Å². The van der Waals surface area contributed by atoms with Crippen molar-refractivity contribution in [2.75, 3.05) is 46.1 Å². The van der Waals surface area contributed by atoms with Crippen LogP contribution >= 0.6 is 0 Å². The van der Waals surface area contributed by atoms with E-state index in [9.17, 15) is 14.4 Å². The number of carbonyl (C=O) groups is 3. The van der Waals surface area contributed by atoms with Gasteiger partial charge in [0.05, 0.1) is 39.8 Å². The first-order valence-corrected chi connectivity index (χ1v) is 20.8. The third kappa shape index (κ3) is 17.3. The summed E-state index contributed by atoms with van der Waals surface area (Å²) in [5.74, 6) is 0.655. The molecule has 3 aliphatic rings.